The number of esters is 1. The van der Waals surface area contributed by atoms with Gasteiger partial charge in [-0.25, -0.2) is 0 Å². The fraction of sp³-hybridized carbons (Fsp3) is 0.400. The van der Waals surface area contributed by atoms with Gasteiger partial charge in [0, 0.05) is 18.3 Å². The minimum Gasteiger partial charge on any atom is -0.468 e. The van der Waals surface area contributed by atoms with E-state index in [1.807, 2.05) is 18.2 Å². The molecule has 1 aromatic heterocycles. The van der Waals surface area contributed by atoms with E-state index in [1.165, 1.54) is 7.11 Å². The Labute approximate surface area is 83.3 Å². The molecule has 0 spiro atoms. The van der Waals surface area contributed by atoms with Gasteiger partial charge in [0.2, 0.25) is 0 Å². The van der Waals surface area contributed by atoms with Gasteiger partial charge in [0.25, 0.3) is 0 Å². The minimum absolute atomic E-state index is 0.266. The SMILES string of the molecule is CN[C@H](Cc1ccccn1)C(=O)OC. The van der Waals surface area contributed by atoms with E-state index in [9.17, 15) is 4.79 Å². The second kappa shape index (κ2) is 5.34. The van der Waals surface area contributed by atoms with Crippen LogP contribution >= 0.6 is 0 Å². The van der Waals surface area contributed by atoms with Crippen molar-refractivity contribution in [3.8, 4) is 0 Å². The molecule has 0 aliphatic heterocycles. The van der Waals surface area contributed by atoms with Crippen LogP contribution in [0.1, 0.15) is 5.69 Å². The minimum atomic E-state index is -0.324. The highest BCUT2D eigenvalue weighted by atomic mass is 16.5. The number of nitrogens with zero attached hydrogens (tertiary/aromatic N) is 1. The third-order valence-electron chi connectivity index (χ3n) is 1.97. The van der Waals surface area contributed by atoms with Crippen LogP contribution in [0.2, 0.25) is 0 Å². The van der Waals surface area contributed by atoms with Gasteiger partial charge in [-0.1, -0.05) is 6.07 Å². The summed E-state index contributed by atoms with van der Waals surface area (Å²) in [6.07, 6.45) is 2.25. The van der Waals surface area contributed by atoms with E-state index >= 15 is 0 Å². The molecule has 0 saturated carbocycles. The molecule has 76 valence electrons. The first-order valence-corrected chi connectivity index (χ1v) is 4.43. The molecule has 1 N–H and O–H groups in total. The highest BCUT2D eigenvalue weighted by molar-refractivity contribution is 5.75. The molecule has 0 aliphatic rings. The molecule has 0 bridgehead atoms. The topological polar surface area (TPSA) is 51.2 Å². The summed E-state index contributed by atoms with van der Waals surface area (Å²) in [7, 11) is 3.11. The molecular weight excluding hydrogens is 180 g/mol. The molecule has 1 rings (SSSR count). The van der Waals surface area contributed by atoms with E-state index in [1.54, 1.807) is 13.2 Å². The van der Waals surface area contributed by atoms with E-state index < -0.39 is 0 Å². The summed E-state index contributed by atoms with van der Waals surface area (Å²) in [5.41, 5.74) is 0.872. The Morgan fingerprint density at radius 3 is 2.93 bits per heavy atom. The van der Waals surface area contributed by atoms with E-state index in [4.69, 9.17) is 0 Å². The van der Waals surface area contributed by atoms with Crippen LogP contribution < -0.4 is 5.32 Å². The van der Waals surface area contributed by atoms with Crippen LogP contribution in [0.5, 0.6) is 0 Å². The molecule has 0 aromatic carbocycles. The largest absolute Gasteiger partial charge is 0.468 e. The average molecular weight is 194 g/mol. The highest BCUT2D eigenvalue weighted by Crippen LogP contribution is 2.00. The molecule has 1 heterocycles. The van der Waals surface area contributed by atoms with Gasteiger partial charge in [0.15, 0.2) is 0 Å². The Morgan fingerprint density at radius 2 is 2.43 bits per heavy atom. The van der Waals surface area contributed by atoms with Crippen molar-refractivity contribution in [1.29, 1.82) is 0 Å². The van der Waals surface area contributed by atoms with Crippen LogP contribution in [0.15, 0.2) is 24.4 Å². The molecule has 1 aromatic rings. The van der Waals surface area contributed by atoms with Crippen LogP contribution in [0.25, 0.3) is 0 Å². The Morgan fingerprint density at radius 1 is 1.64 bits per heavy atom. The molecular formula is C10H14N2O2. The monoisotopic (exact) mass is 194 g/mol. The molecule has 1 atom stereocenters. The van der Waals surface area contributed by atoms with Crippen molar-refractivity contribution in [1.82, 2.24) is 10.3 Å². The van der Waals surface area contributed by atoms with Crippen molar-refractivity contribution < 1.29 is 9.53 Å². The maximum atomic E-state index is 11.2. The van der Waals surface area contributed by atoms with Crippen LogP contribution in [0, 0.1) is 0 Å². The molecule has 4 nitrogen and oxygen atoms in total. The summed E-state index contributed by atoms with van der Waals surface area (Å²) in [5, 5.41) is 2.89. The first-order chi connectivity index (χ1) is 6.77. The third-order valence-corrected chi connectivity index (χ3v) is 1.97. The van der Waals surface area contributed by atoms with Crippen LogP contribution in [-0.4, -0.2) is 31.2 Å². The quantitative estimate of drug-likeness (QED) is 0.704. The lowest BCUT2D eigenvalue weighted by Crippen LogP contribution is -2.37. The van der Waals surface area contributed by atoms with E-state index in [-0.39, 0.29) is 12.0 Å². The predicted molar refractivity (Wildman–Crippen MR) is 52.8 cm³/mol. The van der Waals surface area contributed by atoms with Crippen molar-refractivity contribution in [3.63, 3.8) is 0 Å². The fourth-order valence-corrected chi connectivity index (χ4v) is 1.17. The fourth-order valence-electron chi connectivity index (χ4n) is 1.17. The van der Waals surface area contributed by atoms with E-state index in [2.05, 4.69) is 15.0 Å². The van der Waals surface area contributed by atoms with Crippen LogP contribution in [0.3, 0.4) is 0 Å². The molecule has 0 fully saturated rings. The number of aromatic nitrogens is 1. The lowest BCUT2D eigenvalue weighted by Gasteiger charge is -2.12. The number of ether oxygens (including phenoxy) is 1. The van der Waals surface area contributed by atoms with Crippen LogP contribution in [-0.2, 0) is 16.0 Å². The standard InChI is InChI=1S/C10H14N2O2/c1-11-9(10(13)14-2)7-8-5-3-4-6-12-8/h3-6,9,11H,7H2,1-2H3/t9-/m1/s1. The van der Waals surface area contributed by atoms with Gasteiger partial charge < -0.3 is 10.1 Å². The summed E-state index contributed by atoms with van der Waals surface area (Å²) >= 11 is 0. The summed E-state index contributed by atoms with van der Waals surface area (Å²) in [4.78, 5) is 15.4. The predicted octanol–water partition coefficient (Wildman–Crippen LogP) is 0.385. The Kier molecular flexibility index (Phi) is 4.07. The van der Waals surface area contributed by atoms with Gasteiger partial charge in [0.1, 0.15) is 6.04 Å². The molecule has 0 aliphatic carbocycles. The third kappa shape index (κ3) is 2.81. The Hall–Kier alpha value is -1.42. The van der Waals surface area contributed by atoms with Gasteiger partial charge in [-0.3, -0.25) is 9.78 Å². The number of hydrogen-bond donors (Lipinski definition) is 1. The molecule has 0 radical (unpaired) electrons. The molecule has 0 unspecified atom stereocenters. The smallest absolute Gasteiger partial charge is 0.323 e. The normalized spacial score (nSPS) is 12.1. The lowest BCUT2D eigenvalue weighted by atomic mass is 10.1. The number of carbonyl (C=O) groups excluding carboxylic acids is 1. The zero-order valence-electron chi connectivity index (χ0n) is 8.36. The maximum absolute atomic E-state index is 11.2. The second-order valence-corrected chi connectivity index (χ2v) is 2.89. The molecule has 0 saturated heterocycles. The van der Waals surface area contributed by atoms with Crippen molar-refractivity contribution in [2.45, 2.75) is 12.5 Å². The van der Waals surface area contributed by atoms with E-state index in [0.717, 1.165) is 5.69 Å². The number of carbonyl (C=O) groups is 1. The number of methoxy groups -OCH3 is 1. The average Bonchev–Trinajstić information content (AvgIpc) is 2.26. The Balaban J connectivity index is 2.62. The summed E-state index contributed by atoms with van der Waals surface area (Å²) in [6.45, 7) is 0. The first kappa shape index (κ1) is 10.7. The van der Waals surface area contributed by atoms with Crippen molar-refractivity contribution in [3.05, 3.63) is 30.1 Å². The zero-order chi connectivity index (χ0) is 10.4. The van der Waals surface area contributed by atoms with Gasteiger partial charge >= 0.3 is 5.97 Å². The van der Waals surface area contributed by atoms with Crippen molar-refractivity contribution >= 4 is 5.97 Å². The van der Waals surface area contributed by atoms with Crippen molar-refractivity contribution in [2.24, 2.45) is 0 Å². The number of hydrogen-bond acceptors (Lipinski definition) is 4. The number of likely N-dealkylation sites (N-methyl/N-ethyl adjacent to an activating group) is 1. The lowest BCUT2D eigenvalue weighted by molar-refractivity contribution is -0.142. The summed E-state index contributed by atoms with van der Waals surface area (Å²) in [6, 6.07) is 5.30. The zero-order valence-corrected chi connectivity index (χ0v) is 8.36. The molecule has 4 heteroatoms. The summed E-state index contributed by atoms with van der Waals surface area (Å²) in [5.74, 6) is -0.266. The second-order valence-electron chi connectivity index (χ2n) is 2.89. The van der Waals surface area contributed by atoms with Crippen molar-refractivity contribution in [2.75, 3.05) is 14.2 Å². The van der Waals surface area contributed by atoms with Gasteiger partial charge in [-0.2, -0.15) is 0 Å². The maximum Gasteiger partial charge on any atom is 0.323 e. The van der Waals surface area contributed by atoms with Gasteiger partial charge in [0.05, 0.1) is 7.11 Å². The Bertz CT molecular complexity index is 287. The van der Waals surface area contributed by atoms with E-state index in [0.29, 0.717) is 6.42 Å². The van der Waals surface area contributed by atoms with Gasteiger partial charge in [-0.15, -0.1) is 0 Å². The molecule has 14 heavy (non-hydrogen) atoms. The molecule has 0 amide bonds. The first-order valence-electron chi connectivity index (χ1n) is 4.43. The van der Waals surface area contributed by atoms with Crippen LogP contribution in [0.4, 0.5) is 0 Å². The summed E-state index contributed by atoms with van der Waals surface area (Å²) < 4.78 is 4.65. The number of nitrogens with one attached hydrogen (secondary N) is 1. The number of pyridine rings is 1. The highest BCUT2D eigenvalue weighted by Gasteiger charge is 2.17. The number of rotatable bonds is 4. The van der Waals surface area contributed by atoms with Gasteiger partial charge in [-0.05, 0) is 19.2 Å².